The van der Waals surface area contributed by atoms with Gasteiger partial charge in [-0.2, -0.15) is 0 Å². The smallest absolute Gasteiger partial charge is 0.372 e. The van der Waals surface area contributed by atoms with Crippen LogP contribution in [0.1, 0.15) is 6.92 Å². The predicted octanol–water partition coefficient (Wildman–Crippen LogP) is 4.29. The van der Waals surface area contributed by atoms with Crippen LogP contribution in [0.15, 0.2) is 45.6 Å². The van der Waals surface area contributed by atoms with Crippen molar-refractivity contribution in [1.29, 1.82) is 0 Å². The third-order valence-corrected chi connectivity index (χ3v) is 5.36. The fourth-order valence-corrected chi connectivity index (χ4v) is 4.34. The normalized spacial score (nSPS) is 11.5. The molecule has 6 heteroatoms. The van der Waals surface area contributed by atoms with Crippen molar-refractivity contribution in [2.24, 2.45) is 4.99 Å². The van der Waals surface area contributed by atoms with Gasteiger partial charge in [-0.25, -0.2) is 9.79 Å². The van der Waals surface area contributed by atoms with E-state index in [1.165, 1.54) is 10.3 Å². The second kappa shape index (κ2) is 6.72. The SMILES string of the molecule is CCOC(=O)Sc1cc(=Nc2ccccc2)ss1. The molecule has 0 aliphatic rings. The van der Waals surface area contributed by atoms with Crippen molar-refractivity contribution < 1.29 is 9.53 Å². The number of benzene rings is 1. The van der Waals surface area contributed by atoms with E-state index in [0.29, 0.717) is 6.61 Å². The number of hydrogen-bond donors (Lipinski definition) is 0. The highest BCUT2D eigenvalue weighted by Gasteiger charge is 2.06. The first-order valence-electron chi connectivity index (χ1n) is 5.32. The van der Waals surface area contributed by atoms with Crippen molar-refractivity contribution >= 4 is 43.4 Å². The van der Waals surface area contributed by atoms with E-state index in [1.54, 1.807) is 17.3 Å². The molecule has 94 valence electrons. The van der Waals surface area contributed by atoms with Gasteiger partial charge in [-0.15, -0.1) is 0 Å². The van der Waals surface area contributed by atoms with Crippen LogP contribution >= 0.6 is 32.4 Å². The predicted molar refractivity (Wildman–Crippen MR) is 76.7 cm³/mol. The van der Waals surface area contributed by atoms with Crippen LogP contribution in [0.3, 0.4) is 0 Å². The molecule has 0 unspecified atom stereocenters. The summed E-state index contributed by atoms with van der Waals surface area (Å²) in [4.78, 5) is 15.8. The monoisotopic (exact) mass is 297 g/mol. The first kappa shape index (κ1) is 13.3. The van der Waals surface area contributed by atoms with Gasteiger partial charge in [0.2, 0.25) is 0 Å². The van der Waals surface area contributed by atoms with Gasteiger partial charge >= 0.3 is 5.30 Å². The molecule has 1 heterocycles. The number of ether oxygens (including phenoxy) is 1. The highest BCUT2D eigenvalue weighted by molar-refractivity contribution is 8.15. The summed E-state index contributed by atoms with van der Waals surface area (Å²) < 4.78 is 6.69. The van der Waals surface area contributed by atoms with Crippen molar-refractivity contribution in [2.75, 3.05) is 6.61 Å². The van der Waals surface area contributed by atoms with Crippen molar-refractivity contribution in [3.63, 3.8) is 0 Å². The molecule has 3 nitrogen and oxygen atoms in total. The van der Waals surface area contributed by atoms with E-state index in [9.17, 15) is 4.79 Å². The van der Waals surface area contributed by atoms with E-state index in [1.807, 2.05) is 36.4 Å². The standard InChI is InChI=1S/C12H11NO2S3/c1-2-15-12(14)16-11-8-10(17-18-11)13-9-6-4-3-5-7-9/h3-8H,2H2,1H3. The number of hydrogen-bond acceptors (Lipinski definition) is 6. The molecule has 0 atom stereocenters. The van der Waals surface area contributed by atoms with E-state index < -0.39 is 0 Å². The Kier molecular flexibility index (Phi) is 4.98. The summed E-state index contributed by atoms with van der Waals surface area (Å²) in [6, 6.07) is 11.7. The van der Waals surface area contributed by atoms with Gasteiger partial charge in [0.1, 0.15) is 4.67 Å². The van der Waals surface area contributed by atoms with Crippen LogP contribution in [0.25, 0.3) is 0 Å². The van der Waals surface area contributed by atoms with E-state index in [2.05, 4.69) is 4.99 Å². The Morgan fingerprint density at radius 3 is 2.83 bits per heavy atom. The minimum Gasteiger partial charge on any atom is -0.458 e. The van der Waals surface area contributed by atoms with Crippen LogP contribution in [0, 0.1) is 0 Å². The average molecular weight is 297 g/mol. The third-order valence-electron chi connectivity index (χ3n) is 1.89. The summed E-state index contributed by atoms with van der Waals surface area (Å²) in [5.41, 5.74) is 0.916. The summed E-state index contributed by atoms with van der Waals surface area (Å²) in [5.74, 6) is 0. The Morgan fingerprint density at radius 1 is 1.33 bits per heavy atom. The van der Waals surface area contributed by atoms with Gasteiger partial charge in [-0.3, -0.25) is 0 Å². The van der Waals surface area contributed by atoms with Gasteiger partial charge in [-0.05, 0) is 25.1 Å². The molecule has 1 aromatic heterocycles. The maximum Gasteiger partial charge on any atom is 0.372 e. The van der Waals surface area contributed by atoms with Crippen molar-refractivity contribution in [3.8, 4) is 0 Å². The quantitative estimate of drug-likeness (QED) is 0.482. The fourth-order valence-electron chi connectivity index (χ4n) is 1.19. The molecule has 0 aliphatic heterocycles. The van der Waals surface area contributed by atoms with E-state index in [0.717, 1.165) is 26.3 Å². The third kappa shape index (κ3) is 3.97. The fraction of sp³-hybridized carbons (Fsp3) is 0.167. The number of para-hydroxylation sites is 1. The molecule has 0 aliphatic carbocycles. The summed E-state index contributed by atoms with van der Waals surface area (Å²) >= 11 is 1.11. The molecule has 2 rings (SSSR count). The van der Waals surface area contributed by atoms with Gasteiger partial charge in [0.15, 0.2) is 0 Å². The molecular weight excluding hydrogens is 286 g/mol. The number of nitrogens with zero attached hydrogens (tertiary/aromatic N) is 1. The Balaban J connectivity index is 2.11. The zero-order valence-electron chi connectivity index (χ0n) is 9.66. The van der Waals surface area contributed by atoms with Crippen LogP contribution in [-0.4, -0.2) is 11.9 Å². The number of carbonyl (C=O) groups excluding carboxylic acids is 1. The van der Waals surface area contributed by atoms with Crippen LogP contribution in [0.4, 0.5) is 10.5 Å². The molecule has 0 saturated heterocycles. The molecule has 0 fully saturated rings. The molecule has 0 spiro atoms. The second-order valence-electron chi connectivity index (χ2n) is 3.20. The summed E-state index contributed by atoms with van der Waals surface area (Å²) in [6.45, 7) is 2.20. The van der Waals surface area contributed by atoms with Gasteiger partial charge in [0.25, 0.3) is 0 Å². The molecule has 0 N–H and O–H groups in total. The maximum absolute atomic E-state index is 11.3. The van der Waals surface area contributed by atoms with Gasteiger partial charge < -0.3 is 4.74 Å². The largest absolute Gasteiger partial charge is 0.458 e. The van der Waals surface area contributed by atoms with Crippen molar-refractivity contribution in [3.05, 3.63) is 41.1 Å². The van der Waals surface area contributed by atoms with Gasteiger partial charge in [-0.1, -0.05) is 38.9 Å². The topological polar surface area (TPSA) is 38.7 Å². The molecular formula is C12H11NO2S3. The minimum absolute atomic E-state index is 0.266. The average Bonchev–Trinajstić information content (AvgIpc) is 2.78. The molecule has 0 saturated carbocycles. The van der Waals surface area contributed by atoms with Crippen molar-refractivity contribution in [2.45, 2.75) is 11.1 Å². The zero-order valence-corrected chi connectivity index (χ0v) is 12.1. The first-order chi connectivity index (χ1) is 8.78. The minimum atomic E-state index is -0.266. The van der Waals surface area contributed by atoms with Crippen LogP contribution < -0.4 is 4.67 Å². The van der Waals surface area contributed by atoms with Crippen LogP contribution in [-0.2, 0) is 4.74 Å². The summed E-state index contributed by atoms with van der Waals surface area (Å²) in [5, 5.41) is -0.266. The molecule has 0 amide bonds. The molecule has 2 aromatic rings. The first-order valence-corrected chi connectivity index (χ1v) is 8.29. The Hall–Kier alpha value is -1.11. The Bertz CT molecular complexity index is 574. The molecule has 0 bridgehead atoms. The number of rotatable bonds is 3. The van der Waals surface area contributed by atoms with Gasteiger partial charge in [0.05, 0.1) is 16.5 Å². The van der Waals surface area contributed by atoms with E-state index in [4.69, 9.17) is 4.74 Å². The van der Waals surface area contributed by atoms with E-state index in [-0.39, 0.29) is 5.30 Å². The van der Waals surface area contributed by atoms with Crippen molar-refractivity contribution in [1.82, 2.24) is 0 Å². The lowest BCUT2D eigenvalue weighted by atomic mass is 10.3. The highest BCUT2D eigenvalue weighted by atomic mass is 32.9. The lowest BCUT2D eigenvalue weighted by molar-refractivity contribution is 0.181. The van der Waals surface area contributed by atoms with Gasteiger partial charge in [0, 0.05) is 11.8 Å². The Labute approximate surface area is 117 Å². The number of thioether (sulfide) groups is 1. The molecule has 1 aromatic carbocycles. The van der Waals surface area contributed by atoms with Crippen LogP contribution in [0.2, 0.25) is 0 Å². The lowest BCUT2D eigenvalue weighted by Crippen LogP contribution is -1.95. The van der Waals surface area contributed by atoms with E-state index >= 15 is 0 Å². The highest BCUT2D eigenvalue weighted by Crippen LogP contribution is 2.26. The lowest BCUT2D eigenvalue weighted by Gasteiger charge is -1.96. The molecule has 18 heavy (non-hydrogen) atoms. The number of carbonyl (C=O) groups is 1. The zero-order chi connectivity index (χ0) is 12.8. The second-order valence-corrected chi connectivity index (χ2v) is 6.63. The summed E-state index contributed by atoms with van der Waals surface area (Å²) in [6.07, 6.45) is 0. The summed E-state index contributed by atoms with van der Waals surface area (Å²) in [7, 11) is 3.08. The Morgan fingerprint density at radius 2 is 2.11 bits per heavy atom. The molecule has 0 radical (unpaired) electrons. The maximum atomic E-state index is 11.3. The van der Waals surface area contributed by atoms with Crippen LogP contribution in [0.5, 0.6) is 0 Å².